The van der Waals surface area contributed by atoms with Crippen molar-refractivity contribution >= 4 is 32.4 Å². The monoisotopic (exact) mass is 546 g/mol. The van der Waals surface area contributed by atoms with E-state index in [0.717, 1.165) is 10.9 Å². The third-order valence-corrected chi connectivity index (χ3v) is 7.76. The van der Waals surface area contributed by atoms with Crippen LogP contribution in [0.1, 0.15) is 24.0 Å². The Morgan fingerprint density at radius 1 is 1.10 bits per heavy atom. The van der Waals surface area contributed by atoms with Gasteiger partial charge in [0.1, 0.15) is 42.2 Å². The highest BCUT2D eigenvalue weighted by molar-refractivity contribution is 7.88. The molecule has 0 radical (unpaired) electrons. The van der Waals surface area contributed by atoms with Crippen LogP contribution >= 0.6 is 0 Å². The molecule has 4 aromatic rings. The third-order valence-electron chi connectivity index (χ3n) is 6.46. The molecule has 8 nitrogen and oxygen atoms in total. The van der Waals surface area contributed by atoms with E-state index in [9.17, 15) is 12.8 Å². The molecule has 0 amide bonds. The van der Waals surface area contributed by atoms with E-state index in [1.165, 1.54) is 29.0 Å². The van der Waals surface area contributed by atoms with E-state index in [-0.39, 0.29) is 18.5 Å². The summed E-state index contributed by atoms with van der Waals surface area (Å²) in [5.41, 5.74) is 2.69. The highest BCUT2D eigenvalue weighted by Crippen LogP contribution is 2.30. The maximum atomic E-state index is 13.5. The van der Waals surface area contributed by atoms with Gasteiger partial charge in [0.05, 0.1) is 17.3 Å². The van der Waals surface area contributed by atoms with Gasteiger partial charge in [-0.2, -0.15) is 0 Å². The van der Waals surface area contributed by atoms with Crippen molar-refractivity contribution in [2.75, 3.05) is 24.7 Å². The Labute approximate surface area is 226 Å². The van der Waals surface area contributed by atoms with E-state index in [1.54, 1.807) is 24.3 Å². The zero-order chi connectivity index (χ0) is 27.4. The summed E-state index contributed by atoms with van der Waals surface area (Å²) in [7, 11) is -3.19. The number of piperidine rings is 1. The number of halogens is 1. The van der Waals surface area contributed by atoms with Crippen LogP contribution in [0, 0.1) is 18.2 Å². The van der Waals surface area contributed by atoms with E-state index in [4.69, 9.17) is 15.9 Å². The number of fused-ring (bicyclic) bond motifs is 1. The standard InChI is InChI=1S/C29H27FN4O4S/c1-3-21-16-23(7-10-28(21)37-18-20-5-4-6-22(30)15-20)33-29-26-17-25(8-9-27(26)31-19-32-29)38-24-11-13-34(14-12-24)39(2,35)36/h1,4-10,15-17,19,24H,11-14,18H2,2H3,(H,31,32,33). The molecule has 1 aromatic heterocycles. The van der Waals surface area contributed by atoms with E-state index in [2.05, 4.69) is 21.2 Å². The lowest BCUT2D eigenvalue weighted by atomic mass is 10.1. The number of benzene rings is 3. The number of sulfonamides is 1. The minimum Gasteiger partial charge on any atom is -0.490 e. The van der Waals surface area contributed by atoms with Gasteiger partial charge in [-0.15, -0.1) is 6.42 Å². The summed E-state index contributed by atoms with van der Waals surface area (Å²) in [6.07, 6.45) is 9.59. The number of ether oxygens (including phenoxy) is 2. The second kappa shape index (κ2) is 11.3. The molecule has 0 aliphatic carbocycles. The quantitative estimate of drug-likeness (QED) is 0.315. The molecule has 1 aliphatic heterocycles. The van der Waals surface area contributed by atoms with E-state index < -0.39 is 10.0 Å². The van der Waals surface area contributed by atoms with Crippen LogP contribution in [0.15, 0.2) is 67.0 Å². The van der Waals surface area contributed by atoms with Gasteiger partial charge in [-0.25, -0.2) is 27.1 Å². The van der Waals surface area contributed by atoms with Crippen LogP contribution in [0.4, 0.5) is 15.9 Å². The maximum Gasteiger partial charge on any atom is 0.211 e. The van der Waals surface area contributed by atoms with Crippen molar-refractivity contribution in [3.8, 4) is 23.8 Å². The molecule has 2 heterocycles. The number of anilines is 2. The van der Waals surface area contributed by atoms with Crippen LogP contribution in [-0.4, -0.2) is 48.1 Å². The summed E-state index contributed by atoms with van der Waals surface area (Å²) in [5, 5.41) is 4.06. The van der Waals surface area contributed by atoms with Gasteiger partial charge >= 0.3 is 0 Å². The Bertz CT molecular complexity index is 1650. The largest absolute Gasteiger partial charge is 0.490 e. The summed E-state index contributed by atoms with van der Waals surface area (Å²) in [4.78, 5) is 8.78. The molecule has 200 valence electrons. The van der Waals surface area contributed by atoms with Gasteiger partial charge in [0, 0.05) is 24.2 Å². The fraction of sp³-hybridized carbons (Fsp3) is 0.241. The summed E-state index contributed by atoms with van der Waals surface area (Å²) < 4.78 is 50.5. The number of terminal acetylenes is 1. The summed E-state index contributed by atoms with van der Waals surface area (Å²) in [6, 6.07) is 17.2. The van der Waals surface area contributed by atoms with E-state index in [1.807, 2.05) is 24.3 Å². The van der Waals surface area contributed by atoms with Gasteiger partial charge < -0.3 is 14.8 Å². The molecule has 0 bridgehead atoms. The Balaban J connectivity index is 1.30. The van der Waals surface area contributed by atoms with Gasteiger partial charge in [-0.1, -0.05) is 18.1 Å². The molecule has 1 aliphatic rings. The number of aromatic nitrogens is 2. The molecule has 10 heteroatoms. The molecule has 1 fully saturated rings. The lowest BCUT2D eigenvalue weighted by Crippen LogP contribution is -2.41. The van der Waals surface area contributed by atoms with Gasteiger partial charge in [-0.05, 0) is 66.9 Å². The average molecular weight is 547 g/mol. The van der Waals surface area contributed by atoms with Crippen LogP contribution in [0.25, 0.3) is 10.9 Å². The van der Waals surface area contributed by atoms with E-state index >= 15 is 0 Å². The highest BCUT2D eigenvalue weighted by Gasteiger charge is 2.26. The zero-order valence-electron chi connectivity index (χ0n) is 21.3. The molecular formula is C29H27FN4O4S. The van der Waals surface area contributed by atoms with Crippen molar-refractivity contribution in [3.63, 3.8) is 0 Å². The van der Waals surface area contributed by atoms with Crippen molar-refractivity contribution in [1.29, 1.82) is 0 Å². The number of nitrogens with one attached hydrogen (secondary N) is 1. The fourth-order valence-electron chi connectivity index (χ4n) is 4.45. The molecular weight excluding hydrogens is 519 g/mol. The van der Waals surface area contributed by atoms with Gasteiger partial charge in [0.25, 0.3) is 0 Å². The molecule has 1 N–H and O–H groups in total. The fourth-order valence-corrected chi connectivity index (χ4v) is 5.33. The number of hydrogen-bond acceptors (Lipinski definition) is 7. The topological polar surface area (TPSA) is 93.7 Å². The summed E-state index contributed by atoms with van der Waals surface area (Å²) >= 11 is 0. The number of rotatable bonds is 8. The Morgan fingerprint density at radius 2 is 1.92 bits per heavy atom. The Kier molecular flexibility index (Phi) is 7.63. The minimum absolute atomic E-state index is 0.0837. The second-order valence-corrected chi connectivity index (χ2v) is 11.3. The van der Waals surface area contributed by atoms with Crippen LogP contribution in [0.2, 0.25) is 0 Å². The summed E-state index contributed by atoms with van der Waals surface area (Å²) in [6.45, 7) is 1.06. The first-order valence-electron chi connectivity index (χ1n) is 12.4. The molecule has 3 aromatic carbocycles. The normalized spacial score (nSPS) is 14.6. The number of hydrogen-bond donors (Lipinski definition) is 1. The zero-order valence-corrected chi connectivity index (χ0v) is 22.1. The Hall–Kier alpha value is -4.20. The van der Waals surface area contributed by atoms with Crippen LogP contribution in [-0.2, 0) is 16.6 Å². The molecule has 0 atom stereocenters. The van der Waals surface area contributed by atoms with Crippen LogP contribution in [0.5, 0.6) is 11.5 Å². The molecule has 0 spiro atoms. The number of nitrogens with zero attached hydrogens (tertiary/aromatic N) is 3. The van der Waals surface area contributed by atoms with E-state index in [0.29, 0.717) is 60.1 Å². The lowest BCUT2D eigenvalue weighted by molar-refractivity contribution is 0.135. The van der Waals surface area contributed by atoms with Crippen LogP contribution in [0.3, 0.4) is 0 Å². The SMILES string of the molecule is C#Cc1cc(Nc2ncnc3ccc(OC4CCN(S(C)(=O)=O)CC4)cc23)ccc1OCc1cccc(F)c1. The third kappa shape index (κ3) is 6.45. The van der Waals surface area contributed by atoms with Crippen molar-refractivity contribution in [3.05, 3.63) is 83.9 Å². The van der Waals surface area contributed by atoms with Crippen molar-refractivity contribution in [2.24, 2.45) is 0 Å². The van der Waals surface area contributed by atoms with Gasteiger partial charge in [0.2, 0.25) is 10.0 Å². The molecule has 1 saturated heterocycles. The average Bonchev–Trinajstić information content (AvgIpc) is 2.92. The van der Waals surface area contributed by atoms with Crippen molar-refractivity contribution in [1.82, 2.24) is 14.3 Å². The van der Waals surface area contributed by atoms with Crippen molar-refractivity contribution in [2.45, 2.75) is 25.6 Å². The van der Waals surface area contributed by atoms with Crippen molar-refractivity contribution < 1.29 is 22.3 Å². The first-order chi connectivity index (χ1) is 18.8. The summed E-state index contributed by atoms with van der Waals surface area (Å²) in [5.74, 6) is 4.06. The first kappa shape index (κ1) is 26.4. The van der Waals surface area contributed by atoms with Gasteiger partial charge in [-0.3, -0.25) is 0 Å². The smallest absolute Gasteiger partial charge is 0.211 e. The first-order valence-corrected chi connectivity index (χ1v) is 14.2. The molecule has 5 rings (SSSR count). The maximum absolute atomic E-state index is 13.5. The molecule has 39 heavy (non-hydrogen) atoms. The minimum atomic E-state index is -3.19. The molecule has 0 saturated carbocycles. The Morgan fingerprint density at radius 3 is 2.67 bits per heavy atom. The predicted octanol–water partition coefficient (Wildman–Crippen LogP) is 4.88. The highest BCUT2D eigenvalue weighted by atomic mass is 32.2. The predicted molar refractivity (Wildman–Crippen MR) is 148 cm³/mol. The lowest BCUT2D eigenvalue weighted by Gasteiger charge is -2.30. The van der Waals surface area contributed by atoms with Crippen LogP contribution < -0.4 is 14.8 Å². The van der Waals surface area contributed by atoms with Gasteiger partial charge in [0.15, 0.2) is 0 Å². The molecule has 0 unspecified atom stereocenters. The second-order valence-electron chi connectivity index (χ2n) is 9.28.